The highest BCUT2D eigenvalue weighted by Gasteiger charge is 2.57. The Labute approximate surface area is 163 Å². The molecule has 6 nitrogen and oxygen atoms in total. The molecule has 2 heterocycles. The number of aryl methyl sites for hydroxylation is 1. The molecule has 4 atom stereocenters. The summed E-state index contributed by atoms with van der Waals surface area (Å²) in [5, 5.41) is 10.8. The number of ether oxygens (including phenoxy) is 1. The average molecular weight is 382 g/mol. The van der Waals surface area contributed by atoms with Crippen LogP contribution in [0.25, 0.3) is 5.65 Å². The van der Waals surface area contributed by atoms with E-state index in [2.05, 4.69) is 4.98 Å². The van der Waals surface area contributed by atoms with Crippen LogP contribution in [0.3, 0.4) is 0 Å². The number of carbonyl (C=O) groups excluding carboxylic acids is 1. The fraction of sp³-hybridized carbons (Fsp3) is 0.591. The van der Waals surface area contributed by atoms with Gasteiger partial charge in [0.1, 0.15) is 12.3 Å². The zero-order valence-corrected chi connectivity index (χ0v) is 16.2. The van der Waals surface area contributed by atoms with Crippen molar-refractivity contribution in [1.29, 1.82) is 0 Å². The second-order valence-electron chi connectivity index (χ2n) is 9.49. The Morgan fingerprint density at radius 2 is 2.07 bits per heavy atom. The van der Waals surface area contributed by atoms with E-state index >= 15 is 0 Å². The molecular formula is C22H26N2O4. The number of aliphatic hydroxyl groups is 1. The number of hydrogen-bond donors (Lipinski definition) is 1. The lowest BCUT2D eigenvalue weighted by Gasteiger charge is -2.60. The van der Waals surface area contributed by atoms with Crippen LogP contribution in [0.15, 0.2) is 29.2 Å². The molecular weight excluding hydrogens is 356 g/mol. The molecule has 2 aromatic rings. The van der Waals surface area contributed by atoms with Gasteiger partial charge >= 0.3 is 5.97 Å². The first-order valence-electron chi connectivity index (χ1n) is 10.2. The third kappa shape index (κ3) is 3.04. The van der Waals surface area contributed by atoms with Crippen LogP contribution in [-0.2, 0) is 16.1 Å². The summed E-state index contributed by atoms with van der Waals surface area (Å²) in [6.45, 7) is 1.90. The van der Waals surface area contributed by atoms with Crippen molar-refractivity contribution < 1.29 is 14.6 Å². The van der Waals surface area contributed by atoms with Gasteiger partial charge in [-0.15, -0.1) is 0 Å². The van der Waals surface area contributed by atoms with E-state index in [0.29, 0.717) is 29.6 Å². The Kier molecular flexibility index (Phi) is 3.92. The number of carbonyl (C=O) groups is 1. The summed E-state index contributed by atoms with van der Waals surface area (Å²) in [6, 6.07) is 5.13. The van der Waals surface area contributed by atoms with Gasteiger partial charge in [-0.2, -0.15) is 0 Å². The molecule has 0 saturated heterocycles. The van der Waals surface area contributed by atoms with E-state index in [1.807, 2.05) is 19.1 Å². The molecule has 4 saturated carbocycles. The topological polar surface area (TPSA) is 80.9 Å². The molecule has 4 fully saturated rings. The van der Waals surface area contributed by atoms with Crippen LogP contribution in [0.1, 0.15) is 56.2 Å². The normalized spacial score (nSPS) is 33.4. The van der Waals surface area contributed by atoms with E-state index in [0.717, 1.165) is 37.7 Å². The number of esters is 1. The summed E-state index contributed by atoms with van der Waals surface area (Å²) >= 11 is 0. The molecule has 2 unspecified atom stereocenters. The second-order valence-corrected chi connectivity index (χ2v) is 9.49. The van der Waals surface area contributed by atoms with E-state index in [9.17, 15) is 14.7 Å². The molecule has 28 heavy (non-hydrogen) atoms. The lowest BCUT2D eigenvalue weighted by Crippen LogP contribution is -2.56. The largest absolute Gasteiger partial charge is 0.459 e. The fourth-order valence-corrected chi connectivity index (χ4v) is 6.50. The van der Waals surface area contributed by atoms with E-state index in [1.165, 1.54) is 16.9 Å². The SMILES string of the molecule is Cc1cccn2c(=O)cc(COC(=O)CC34C[C@@H]5C[C@@H](CC(O)(C5)C3)C4)nc12. The number of pyridine rings is 1. The standard InChI is InChI=1S/C22H26N2O4/c1-14-3-2-4-24-18(25)6-17(23-20(14)24)12-28-19(26)11-21-7-15-5-16(8-21)10-22(27,9-15)13-21/h2-4,6,15-16,27H,5,7-13H2,1H3/t15-,16+,21?,22?. The monoisotopic (exact) mass is 382 g/mol. The first kappa shape index (κ1) is 17.9. The number of aromatic nitrogens is 2. The zero-order valence-electron chi connectivity index (χ0n) is 16.2. The Morgan fingerprint density at radius 3 is 2.79 bits per heavy atom. The van der Waals surface area contributed by atoms with Crippen LogP contribution in [0.4, 0.5) is 0 Å². The van der Waals surface area contributed by atoms with Crippen molar-refractivity contribution in [3.05, 3.63) is 46.0 Å². The van der Waals surface area contributed by atoms with Crippen LogP contribution in [-0.4, -0.2) is 26.1 Å². The van der Waals surface area contributed by atoms with Crippen LogP contribution < -0.4 is 5.56 Å². The third-order valence-electron chi connectivity index (χ3n) is 6.99. The highest BCUT2D eigenvalue weighted by molar-refractivity contribution is 5.70. The van der Waals surface area contributed by atoms with Crippen molar-refractivity contribution in [2.24, 2.45) is 17.3 Å². The molecule has 2 aromatic heterocycles. The van der Waals surface area contributed by atoms with Gasteiger partial charge in [0.05, 0.1) is 17.7 Å². The smallest absolute Gasteiger partial charge is 0.306 e. The summed E-state index contributed by atoms with van der Waals surface area (Å²) in [4.78, 5) is 29.4. The maximum Gasteiger partial charge on any atom is 0.306 e. The van der Waals surface area contributed by atoms with Crippen molar-refractivity contribution in [1.82, 2.24) is 9.38 Å². The Balaban J connectivity index is 1.29. The lowest BCUT2D eigenvalue weighted by molar-refractivity contribution is -0.177. The molecule has 148 valence electrons. The molecule has 4 aliphatic rings. The van der Waals surface area contributed by atoms with E-state index < -0.39 is 5.60 Å². The number of nitrogens with zero attached hydrogens (tertiary/aromatic N) is 2. The molecule has 1 N–H and O–H groups in total. The van der Waals surface area contributed by atoms with Crippen molar-refractivity contribution >= 4 is 11.6 Å². The summed E-state index contributed by atoms with van der Waals surface area (Å²) < 4.78 is 7.01. The quantitative estimate of drug-likeness (QED) is 0.823. The van der Waals surface area contributed by atoms with Gasteiger partial charge in [0, 0.05) is 12.3 Å². The van der Waals surface area contributed by atoms with Crippen LogP contribution in [0, 0.1) is 24.2 Å². The maximum absolute atomic E-state index is 12.6. The molecule has 4 aliphatic carbocycles. The van der Waals surface area contributed by atoms with Gasteiger partial charge in [0.25, 0.3) is 5.56 Å². The van der Waals surface area contributed by atoms with Gasteiger partial charge in [-0.1, -0.05) is 6.07 Å². The minimum absolute atomic E-state index is 0.00606. The molecule has 0 aromatic carbocycles. The van der Waals surface area contributed by atoms with Gasteiger partial charge in [-0.25, -0.2) is 4.98 Å². The molecule has 6 rings (SSSR count). The summed E-state index contributed by atoms with van der Waals surface area (Å²) in [6.07, 6.45) is 7.79. The Morgan fingerprint density at radius 1 is 1.32 bits per heavy atom. The van der Waals surface area contributed by atoms with Gasteiger partial charge in [0.2, 0.25) is 0 Å². The van der Waals surface area contributed by atoms with Crippen molar-refractivity contribution in [2.45, 2.75) is 64.1 Å². The van der Waals surface area contributed by atoms with Gasteiger partial charge in [-0.3, -0.25) is 14.0 Å². The minimum Gasteiger partial charge on any atom is -0.459 e. The van der Waals surface area contributed by atoms with Crippen LogP contribution in [0.5, 0.6) is 0 Å². The highest BCUT2D eigenvalue weighted by atomic mass is 16.5. The van der Waals surface area contributed by atoms with Crippen molar-refractivity contribution in [2.75, 3.05) is 0 Å². The summed E-state index contributed by atoms with van der Waals surface area (Å²) in [7, 11) is 0. The zero-order chi connectivity index (χ0) is 19.5. The van der Waals surface area contributed by atoms with E-state index in [-0.39, 0.29) is 23.6 Å². The van der Waals surface area contributed by atoms with Crippen LogP contribution in [0.2, 0.25) is 0 Å². The molecule has 0 radical (unpaired) electrons. The minimum atomic E-state index is -0.573. The van der Waals surface area contributed by atoms with Gasteiger partial charge in [0.15, 0.2) is 0 Å². The van der Waals surface area contributed by atoms with Crippen molar-refractivity contribution in [3.8, 4) is 0 Å². The van der Waals surface area contributed by atoms with E-state index in [4.69, 9.17) is 4.74 Å². The number of fused-ring (bicyclic) bond motifs is 1. The number of hydrogen-bond acceptors (Lipinski definition) is 5. The first-order chi connectivity index (χ1) is 13.3. The highest BCUT2D eigenvalue weighted by Crippen LogP contribution is 2.62. The van der Waals surface area contributed by atoms with Crippen LogP contribution >= 0.6 is 0 Å². The fourth-order valence-electron chi connectivity index (χ4n) is 6.50. The predicted octanol–water partition coefficient (Wildman–Crippen LogP) is 2.77. The molecule has 0 spiro atoms. The summed E-state index contributed by atoms with van der Waals surface area (Å²) in [5.41, 5.74) is 1.10. The van der Waals surface area contributed by atoms with Crippen molar-refractivity contribution in [3.63, 3.8) is 0 Å². The van der Waals surface area contributed by atoms with Gasteiger partial charge < -0.3 is 9.84 Å². The molecule has 6 heteroatoms. The third-order valence-corrected chi connectivity index (χ3v) is 6.99. The first-order valence-corrected chi connectivity index (χ1v) is 10.2. The lowest BCUT2D eigenvalue weighted by atomic mass is 9.47. The summed E-state index contributed by atoms with van der Waals surface area (Å²) in [5.74, 6) is 0.839. The Bertz CT molecular complexity index is 997. The van der Waals surface area contributed by atoms with E-state index in [1.54, 1.807) is 6.20 Å². The predicted molar refractivity (Wildman–Crippen MR) is 103 cm³/mol. The molecule has 4 bridgehead atoms. The molecule has 0 aliphatic heterocycles. The molecule has 0 amide bonds. The number of rotatable bonds is 4. The van der Waals surface area contributed by atoms with Gasteiger partial charge in [-0.05, 0) is 74.3 Å². The second kappa shape index (κ2) is 6.14. The average Bonchev–Trinajstić information content (AvgIpc) is 2.58. The Hall–Kier alpha value is -2.21. The maximum atomic E-state index is 12.6.